The fourth-order valence-corrected chi connectivity index (χ4v) is 6.47. The average molecular weight is 875 g/mol. The molecule has 2 aromatic rings. The van der Waals surface area contributed by atoms with Crippen LogP contribution in [0.25, 0.3) is 0 Å². The van der Waals surface area contributed by atoms with Gasteiger partial charge in [-0.3, -0.25) is 9.59 Å². The molecule has 0 heterocycles. The third kappa shape index (κ3) is 8.22. The first-order valence-corrected chi connectivity index (χ1v) is 13.1. The van der Waals surface area contributed by atoms with Crippen LogP contribution in [0.3, 0.4) is 0 Å². The summed E-state index contributed by atoms with van der Waals surface area (Å²) in [5.41, 5.74) is 6.45. The number of Topliss-reactive ketones (excluding diaryl/α,β-unsaturated/α-hetero) is 1. The Labute approximate surface area is 233 Å². The highest BCUT2D eigenvalue weighted by Gasteiger charge is 2.18. The molecule has 0 aliphatic heterocycles. The minimum atomic E-state index is -1.04. The number of rotatable bonds is 9. The Kier molecular flexibility index (Phi) is 10.7. The summed E-state index contributed by atoms with van der Waals surface area (Å²) in [7, 11) is 0. The molecule has 0 unspecified atom stereocenters. The zero-order valence-electron chi connectivity index (χ0n) is 16.1. The summed E-state index contributed by atoms with van der Waals surface area (Å²) in [6, 6.07) is 6.25. The number of carbonyl (C=O) groups is 3. The van der Waals surface area contributed by atoms with Gasteiger partial charge in [0.25, 0.3) is 0 Å². The minimum absolute atomic E-state index is 0.0357. The summed E-state index contributed by atoms with van der Waals surface area (Å²) in [6.07, 6.45) is 0.409. The summed E-state index contributed by atoms with van der Waals surface area (Å²) in [5, 5.41) is 9.01. The van der Waals surface area contributed by atoms with Crippen LogP contribution in [0.1, 0.15) is 25.3 Å². The Balaban J connectivity index is 2.20. The number of nitrogens with two attached hydrogens (primary N) is 1. The fraction of sp³-hybridized carbons (Fsp3) is 0.250. The predicted molar refractivity (Wildman–Crippen MR) is 149 cm³/mol. The van der Waals surface area contributed by atoms with E-state index < -0.39 is 18.0 Å². The molecule has 2 aromatic carbocycles. The van der Waals surface area contributed by atoms with Crippen molar-refractivity contribution in [2.75, 3.05) is 0 Å². The Morgan fingerprint density at radius 2 is 1.45 bits per heavy atom. The number of carboxylic acid groups (broad SMARTS) is 1. The minimum Gasteiger partial charge on any atom is -0.480 e. The number of hydrogen-bond acceptors (Lipinski definition) is 6. The molecule has 11 heteroatoms. The van der Waals surface area contributed by atoms with Crippen molar-refractivity contribution in [2.24, 2.45) is 5.73 Å². The van der Waals surface area contributed by atoms with Gasteiger partial charge < -0.3 is 25.1 Å². The van der Waals surface area contributed by atoms with Crippen LogP contribution in [0.5, 0.6) is 17.2 Å². The van der Waals surface area contributed by atoms with Crippen molar-refractivity contribution < 1.29 is 29.0 Å². The van der Waals surface area contributed by atoms with E-state index in [1.165, 1.54) is 6.92 Å². The normalized spacial score (nSPS) is 11.7. The number of esters is 1. The molecule has 2 rings (SSSR count). The standard InChI is InChI=1S/C20H17I4NO6/c1-9(26)2-3-17(27)31-19-14(23)7-11(8-15(19)24)30-18-12(21)4-10(5-13(18)22)6-16(25)20(28)29/h4-5,7-8,16H,2-3,6,25H2,1H3,(H,28,29)/t16-/m0/s1. The maximum Gasteiger partial charge on any atom is 0.320 e. The molecule has 0 aliphatic carbocycles. The van der Waals surface area contributed by atoms with Crippen LogP contribution in [0.4, 0.5) is 0 Å². The molecule has 3 N–H and O–H groups in total. The van der Waals surface area contributed by atoms with Crippen molar-refractivity contribution in [1.29, 1.82) is 0 Å². The summed E-state index contributed by atoms with van der Waals surface area (Å²) >= 11 is 8.42. The smallest absolute Gasteiger partial charge is 0.320 e. The number of ketones is 1. The average Bonchev–Trinajstić information content (AvgIpc) is 2.65. The largest absolute Gasteiger partial charge is 0.480 e. The number of ether oxygens (including phenoxy) is 2. The van der Waals surface area contributed by atoms with Gasteiger partial charge >= 0.3 is 11.9 Å². The predicted octanol–water partition coefficient (Wildman–Crippen LogP) is 5.13. The van der Waals surface area contributed by atoms with Gasteiger partial charge in [-0.15, -0.1) is 0 Å². The number of carboxylic acids is 1. The van der Waals surface area contributed by atoms with Crippen LogP contribution >= 0.6 is 90.4 Å². The van der Waals surface area contributed by atoms with Crippen molar-refractivity contribution in [3.8, 4) is 17.2 Å². The SMILES string of the molecule is CC(=O)CCC(=O)Oc1c(I)cc(Oc2c(I)cc(C[C@H](N)C(=O)O)cc2I)cc1I. The lowest BCUT2D eigenvalue weighted by atomic mass is 10.1. The first kappa shape index (κ1) is 27.0. The molecule has 0 saturated heterocycles. The van der Waals surface area contributed by atoms with Crippen molar-refractivity contribution in [3.63, 3.8) is 0 Å². The van der Waals surface area contributed by atoms with Gasteiger partial charge in [0.15, 0.2) is 11.5 Å². The summed E-state index contributed by atoms with van der Waals surface area (Å²) < 4.78 is 14.6. The molecule has 0 aromatic heterocycles. The van der Waals surface area contributed by atoms with E-state index in [1.807, 2.05) is 12.1 Å². The first-order chi connectivity index (χ1) is 14.5. The van der Waals surface area contributed by atoms with E-state index in [9.17, 15) is 14.4 Å². The van der Waals surface area contributed by atoms with Crippen molar-refractivity contribution in [1.82, 2.24) is 0 Å². The zero-order chi connectivity index (χ0) is 23.3. The van der Waals surface area contributed by atoms with Gasteiger partial charge in [-0.1, -0.05) is 0 Å². The second-order valence-electron chi connectivity index (χ2n) is 6.53. The molecule has 0 amide bonds. The van der Waals surface area contributed by atoms with E-state index in [-0.39, 0.29) is 25.0 Å². The molecule has 0 aliphatic rings. The molecule has 166 valence electrons. The van der Waals surface area contributed by atoms with Crippen LogP contribution in [0.15, 0.2) is 24.3 Å². The van der Waals surface area contributed by atoms with E-state index in [2.05, 4.69) is 90.4 Å². The molecule has 0 fully saturated rings. The van der Waals surface area contributed by atoms with Gasteiger partial charge in [-0.05, 0) is 134 Å². The summed E-state index contributed by atoms with van der Waals surface area (Å²) in [6.45, 7) is 1.43. The molecule has 0 spiro atoms. The number of hydrogen-bond donors (Lipinski definition) is 2. The maximum absolute atomic E-state index is 12.0. The molecular weight excluding hydrogens is 858 g/mol. The molecule has 0 bridgehead atoms. The Morgan fingerprint density at radius 3 is 1.94 bits per heavy atom. The van der Waals surface area contributed by atoms with E-state index >= 15 is 0 Å². The van der Waals surface area contributed by atoms with E-state index in [4.69, 9.17) is 20.3 Å². The Bertz CT molecular complexity index is 981. The van der Waals surface area contributed by atoms with Crippen molar-refractivity contribution in [2.45, 2.75) is 32.2 Å². The van der Waals surface area contributed by atoms with Crippen LogP contribution in [0, 0.1) is 14.3 Å². The van der Waals surface area contributed by atoms with Crippen LogP contribution in [0.2, 0.25) is 0 Å². The third-order valence-electron chi connectivity index (χ3n) is 3.92. The van der Waals surface area contributed by atoms with Gasteiger partial charge in [0.2, 0.25) is 0 Å². The Hall–Kier alpha value is -0.270. The Morgan fingerprint density at radius 1 is 0.935 bits per heavy atom. The summed E-state index contributed by atoms with van der Waals surface area (Å²) in [4.78, 5) is 34.0. The lowest BCUT2D eigenvalue weighted by molar-refractivity contribution is -0.138. The van der Waals surface area contributed by atoms with Crippen LogP contribution < -0.4 is 15.2 Å². The van der Waals surface area contributed by atoms with Crippen LogP contribution in [-0.2, 0) is 20.8 Å². The third-order valence-corrected chi connectivity index (χ3v) is 7.12. The molecule has 7 nitrogen and oxygen atoms in total. The highest BCUT2D eigenvalue weighted by Crippen LogP contribution is 2.37. The van der Waals surface area contributed by atoms with E-state index in [0.29, 0.717) is 24.4 Å². The number of aliphatic carboxylic acids is 1. The van der Waals surface area contributed by atoms with Gasteiger partial charge in [-0.2, -0.15) is 0 Å². The molecule has 1 atom stereocenters. The van der Waals surface area contributed by atoms with Gasteiger partial charge in [-0.25, -0.2) is 0 Å². The maximum atomic E-state index is 12.0. The molecular formula is C20H17I4NO6. The molecule has 0 radical (unpaired) electrons. The quantitative estimate of drug-likeness (QED) is 0.204. The van der Waals surface area contributed by atoms with Gasteiger partial charge in [0.1, 0.15) is 17.6 Å². The zero-order valence-corrected chi connectivity index (χ0v) is 24.7. The van der Waals surface area contributed by atoms with E-state index in [0.717, 1.165) is 12.7 Å². The van der Waals surface area contributed by atoms with Crippen molar-refractivity contribution in [3.05, 3.63) is 44.1 Å². The highest BCUT2D eigenvalue weighted by atomic mass is 127. The van der Waals surface area contributed by atoms with Gasteiger partial charge in [0.05, 0.1) is 20.7 Å². The first-order valence-electron chi connectivity index (χ1n) is 8.81. The molecule has 0 saturated carbocycles. The lowest BCUT2D eigenvalue weighted by Crippen LogP contribution is -2.32. The molecule has 31 heavy (non-hydrogen) atoms. The second kappa shape index (κ2) is 12.3. The highest BCUT2D eigenvalue weighted by molar-refractivity contribution is 14.1. The topological polar surface area (TPSA) is 116 Å². The number of benzene rings is 2. The van der Waals surface area contributed by atoms with Gasteiger partial charge in [0, 0.05) is 6.42 Å². The monoisotopic (exact) mass is 875 g/mol. The lowest BCUT2D eigenvalue weighted by Gasteiger charge is -2.15. The van der Waals surface area contributed by atoms with Crippen LogP contribution in [-0.4, -0.2) is 28.9 Å². The van der Waals surface area contributed by atoms with Crippen molar-refractivity contribution >= 4 is 108 Å². The fourth-order valence-electron chi connectivity index (χ4n) is 2.42. The number of halogens is 4. The summed E-state index contributed by atoms with van der Waals surface area (Å²) in [5.74, 6) is 0.0834. The number of carbonyl (C=O) groups excluding carboxylic acids is 2. The van der Waals surface area contributed by atoms with E-state index in [1.54, 1.807) is 12.1 Å². The second-order valence-corrected chi connectivity index (χ2v) is 11.2.